The average molecular weight is 436 g/mol. The van der Waals surface area contributed by atoms with Gasteiger partial charge in [0.1, 0.15) is 29.0 Å². The van der Waals surface area contributed by atoms with Crippen LogP contribution in [0.3, 0.4) is 0 Å². The quantitative estimate of drug-likeness (QED) is 0.456. The SMILES string of the molecule is CCCCc1nc2c(C#N)nnc(C#N)c2n1Cc1ccc(-c2ccccc2C(=O)O)cc1. The van der Waals surface area contributed by atoms with Crippen LogP contribution in [-0.4, -0.2) is 30.8 Å². The molecule has 2 heterocycles. The van der Waals surface area contributed by atoms with Crippen molar-refractivity contribution in [3.05, 3.63) is 76.9 Å². The molecule has 33 heavy (non-hydrogen) atoms. The summed E-state index contributed by atoms with van der Waals surface area (Å²) in [5, 5.41) is 36.3. The first-order valence-corrected chi connectivity index (χ1v) is 10.5. The minimum Gasteiger partial charge on any atom is -0.478 e. The lowest BCUT2D eigenvalue weighted by Gasteiger charge is -2.11. The van der Waals surface area contributed by atoms with Crippen molar-refractivity contribution in [3.63, 3.8) is 0 Å². The first-order valence-electron chi connectivity index (χ1n) is 10.5. The van der Waals surface area contributed by atoms with Crippen molar-refractivity contribution < 1.29 is 9.90 Å². The fourth-order valence-electron chi connectivity index (χ4n) is 3.84. The van der Waals surface area contributed by atoms with Crippen molar-refractivity contribution >= 4 is 17.0 Å². The molecule has 0 amide bonds. The maximum Gasteiger partial charge on any atom is 0.336 e. The lowest BCUT2D eigenvalue weighted by molar-refractivity contribution is 0.0697. The number of nitrogens with zero attached hydrogens (tertiary/aromatic N) is 6. The molecule has 0 bridgehead atoms. The number of benzene rings is 2. The van der Waals surface area contributed by atoms with Crippen molar-refractivity contribution in [2.45, 2.75) is 32.7 Å². The molecule has 4 aromatic rings. The van der Waals surface area contributed by atoms with Crippen LogP contribution < -0.4 is 0 Å². The van der Waals surface area contributed by atoms with Gasteiger partial charge in [0.25, 0.3) is 0 Å². The monoisotopic (exact) mass is 436 g/mol. The summed E-state index contributed by atoms with van der Waals surface area (Å²) >= 11 is 0. The molecule has 4 rings (SSSR count). The number of aromatic nitrogens is 4. The van der Waals surface area contributed by atoms with Crippen molar-refractivity contribution in [1.29, 1.82) is 10.5 Å². The lowest BCUT2D eigenvalue weighted by atomic mass is 9.99. The van der Waals surface area contributed by atoms with Gasteiger partial charge in [-0.1, -0.05) is 55.8 Å². The molecule has 2 aromatic heterocycles. The Balaban J connectivity index is 1.77. The van der Waals surface area contributed by atoms with E-state index in [-0.39, 0.29) is 17.0 Å². The molecule has 0 unspecified atom stereocenters. The normalized spacial score (nSPS) is 10.6. The smallest absolute Gasteiger partial charge is 0.336 e. The molecule has 8 nitrogen and oxygen atoms in total. The maximum absolute atomic E-state index is 11.6. The molecule has 2 aromatic carbocycles. The third kappa shape index (κ3) is 4.15. The number of aromatic carboxylic acids is 1. The highest BCUT2D eigenvalue weighted by molar-refractivity contribution is 5.96. The zero-order chi connectivity index (χ0) is 23.4. The van der Waals surface area contributed by atoms with E-state index in [2.05, 4.69) is 28.2 Å². The molecule has 0 aliphatic rings. The molecule has 0 saturated carbocycles. The van der Waals surface area contributed by atoms with Crippen molar-refractivity contribution in [1.82, 2.24) is 19.7 Å². The predicted octanol–water partition coefficient (Wildman–Crippen LogP) is 4.33. The number of imidazole rings is 1. The van der Waals surface area contributed by atoms with Crippen LogP contribution in [-0.2, 0) is 13.0 Å². The van der Waals surface area contributed by atoms with Gasteiger partial charge in [-0.2, -0.15) is 10.5 Å². The number of fused-ring (bicyclic) bond motifs is 1. The molecule has 0 aliphatic heterocycles. The van der Waals surface area contributed by atoms with Gasteiger partial charge in [0, 0.05) is 13.0 Å². The Morgan fingerprint density at radius 1 is 1.03 bits per heavy atom. The minimum atomic E-state index is -0.974. The van der Waals surface area contributed by atoms with Crippen LogP contribution in [0.4, 0.5) is 0 Å². The van der Waals surface area contributed by atoms with E-state index in [1.807, 2.05) is 41.0 Å². The highest BCUT2D eigenvalue weighted by atomic mass is 16.4. The fraction of sp³-hybridized carbons (Fsp3) is 0.200. The van der Waals surface area contributed by atoms with Crippen LogP contribution in [0.25, 0.3) is 22.2 Å². The molecule has 0 radical (unpaired) electrons. The second-order valence-electron chi connectivity index (χ2n) is 7.58. The number of hydrogen-bond donors (Lipinski definition) is 1. The number of unbranched alkanes of at least 4 members (excludes halogenated alkanes) is 1. The minimum absolute atomic E-state index is 0.0983. The van der Waals surface area contributed by atoms with Crippen LogP contribution >= 0.6 is 0 Å². The third-order valence-corrected chi connectivity index (χ3v) is 5.47. The highest BCUT2D eigenvalue weighted by Crippen LogP contribution is 2.26. The van der Waals surface area contributed by atoms with Gasteiger partial charge in [-0.3, -0.25) is 0 Å². The lowest BCUT2D eigenvalue weighted by Crippen LogP contribution is -2.07. The van der Waals surface area contributed by atoms with Gasteiger partial charge < -0.3 is 9.67 Å². The van der Waals surface area contributed by atoms with Crippen molar-refractivity contribution in [2.75, 3.05) is 0 Å². The number of nitriles is 2. The second-order valence-corrected chi connectivity index (χ2v) is 7.58. The fourth-order valence-corrected chi connectivity index (χ4v) is 3.84. The van der Waals surface area contributed by atoms with E-state index in [1.54, 1.807) is 18.2 Å². The third-order valence-electron chi connectivity index (χ3n) is 5.47. The van der Waals surface area contributed by atoms with Crippen LogP contribution in [0.1, 0.15) is 52.9 Å². The summed E-state index contributed by atoms with van der Waals surface area (Å²) in [4.78, 5) is 16.2. The Morgan fingerprint density at radius 2 is 1.73 bits per heavy atom. The first-order chi connectivity index (χ1) is 16.1. The van der Waals surface area contributed by atoms with Crippen molar-refractivity contribution in [2.24, 2.45) is 0 Å². The summed E-state index contributed by atoms with van der Waals surface area (Å²) in [6.45, 7) is 2.52. The van der Waals surface area contributed by atoms with E-state index in [1.165, 1.54) is 0 Å². The van der Waals surface area contributed by atoms with Gasteiger partial charge in [0.15, 0.2) is 11.4 Å². The number of hydrogen-bond acceptors (Lipinski definition) is 6. The summed E-state index contributed by atoms with van der Waals surface area (Å²) in [7, 11) is 0. The predicted molar refractivity (Wildman–Crippen MR) is 121 cm³/mol. The Hall–Kier alpha value is -4.56. The van der Waals surface area contributed by atoms with Gasteiger partial charge >= 0.3 is 5.97 Å². The van der Waals surface area contributed by atoms with E-state index >= 15 is 0 Å². The number of carbonyl (C=O) groups is 1. The molecule has 0 saturated heterocycles. The van der Waals surface area contributed by atoms with Crippen LogP contribution in [0.2, 0.25) is 0 Å². The standard InChI is InChI=1S/C25H20N6O2/c1-2-3-8-22-28-23-20(13-26)29-30-21(14-27)24(23)31(22)15-16-9-11-17(12-10-16)18-6-4-5-7-19(18)25(32)33/h4-7,9-12H,2-3,8,15H2,1H3,(H,32,33). The molecule has 0 aliphatic carbocycles. The second kappa shape index (κ2) is 9.29. The molecule has 0 spiro atoms. The Labute approximate surface area is 190 Å². The molecule has 0 fully saturated rings. The van der Waals surface area contributed by atoms with E-state index < -0.39 is 5.97 Å². The number of carboxylic acid groups (broad SMARTS) is 1. The first kappa shape index (κ1) is 21.7. The molecule has 0 atom stereocenters. The molecular formula is C25H20N6O2. The van der Waals surface area contributed by atoms with Crippen molar-refractivity contribution in [3.8, 4) is 23.3 Å². The maximum atomic E-state index is 11.6. The number of carboxylic acids is 1. The van der Waals surface area contributed by atoms with E-state index in [0.29, 0.717) is 29.6 Å². The summed E-state index contributed by atoms with van der Waals surface area (Å²) < 4.78 is 1.93. The van der Waals surface area contributed by atoms with Gasteiger partial charge in [-0.05, 0) is 29.2 Å². The molecule has 8 heteroatoms. The summed E-state index contributed by atoms with van der Waals surface area (Å²) in [6, 6.07) is 18.6. The zero-order valence-electron chi connectivity index (χ0n) is 18.0. The molecule has 1 N–H and O–H groups in total. The van der Waals surface area contributed by atoms with Crippen LogP contribution in [0, 0.1) is 22.7 Å². The van der Waals surface area contributed by atoms with Gasteiger partial charge in [0.2, 0.25) is 0 Å². The Morgan fingerprint density at radius 3 is 2.39 bits per heavy atom. The van der Waals surface area contributed by atoms with Gasteiger partial charge in [-0.25, -0.2) is 9.78 Å². The number of rotatable bonds is 7. The van der Waals surface area contributed by atoms with E-state index in [9.17, 15) is 20.4 Å². The Bertz CT molecular complexity index is 1420. The van der Waals surface area contributed by atoms with Gasteiger partial charge in [0.05, 0.1) is 5.56 Å². The van der Waals surface area contributed by atoms with Crippen LogP contribution in [0.5, 0.6) is 0 Å². The van der Waals surface area contributed by atoms with Gasteiger partial charge in [-0.15, -0.1) is 10.2 Å². The largest absolute Gasteiger partial charge is 0.478 e. The highest BCUT2D eigenvalue weighted by Gasteiger charge is 2.20. The topological polar surface area (TPSA) is 128 Å². The van der Waals surface area contributed by atoms with E-state index in [4.69, 9.17) is 0 Å². The van der Waals surface area contributed by atoms with Crippen LogP contribution in [0.15, 0.2) is 48.5 Å². The number of aryl methyl sites for hydroxylation is 1. The summed E-state index contributed by atoms with van der Waals surface area (Å²) in [5.41, 5.74) is 3.77. The molecule has 162 valence electrons. The van der Waals surface area contributed by atoms with E-state index in [0.717, 1.165) is 29.8 Å². The molecular weight excluding hydrogens is 416 g/mol. The Kier molecular flexibility index (Phi) is 6.10. The summed E-state index contributed by atoms with van der Waals surface area (Å²) in [5.74, 6) is -0.200. The average Bonchev–Trinajstić information content (AvgIpc) is 3.20. The summed E-state index contributed by atoms with van der Waals surface area (Å²) in [6.07, 6.45) is 2.59. The zero-order valence-corrected chi connectivity index (χ0v) is 18.0.